The van der Waals surface area contributed by atoms with Crippen LogP contribution in [0.3, 0.4) is 0 Å². The van der Waals surface area contributed by atoms with Gasteiger partial charge in [-0.05, 0) is 6.92 Å². The molecule has 20 heavy (non-hydrogen) atoms. The molecule has 1 N–H and O–H groups in total. The second-order valence-corrected chi connectivity index (χ2v) is 5.92. The molecule has 5 nitrogen and oxygen atoms in total. The van der Waals surface area contributed by atoms with Gasteiger partial charge in [-0.25, -0.2) is 4.98 Å². The molecule has 2 rings (SSSR count). The lowest BCUT2D eigenvalue weighted by atomic mass is 10.3. The highest BCUT2D eigenvalue weighted by Crippen LogP contribution is 2.13. The lowest BCUT2D eigenvalue weighted by molar-refractivity contribution is 0.104. The van der Waals surface area contributed by atoms with Crippen molar-refractivity contribution in [2.24, 2.45) is 0 Å². The molecule has 0 aliphatic carbocycles. The molecule has 110 valence electrons. The summed E-state index contributed by atoms with van der Waals surface area (Å²) in [6.45, 7) is 8.09. The summed E-state index contributed by atoms with van der Waals surface area (Å²) in [7, 11) is 0. The number of nitrogens with one attached hydrogen (secondary N) is 1. The van der Waals surface area contributed by atoms with Crippen molar-refractivity contribution < 1.29 is 9.26 Å². The fraction of sp³-hybridized carbons (Fsp3) is 0.571. The molecule has 0 aromatic carbocycles. The highest BCUT2D eigenvalue weighted by atomic mass is 32.1. The molecule has 0 spiro atoms. The molecule has 6 heteroatoms. The second kappa shape index (κ2) is 7.52. The molecule has 0 bridgehead atoms. The van der Waals surface area contributed by atoms with E-state index >= 15 is 0 Å². The third-order valence-corrected chi connectivity index (χ3v) is 3.86. The van der Waals surface area contributed by atoms with E-state index in [-0.39, 0.29) is 0 Å². The average molecular weight is 295 g/mol. The summed E-state index contributed by atoms with van der Waals surface area (Å²) in [5.74, 6) is 0.770. The molecule has 2 aromatic heterocycles. The van der Waals surface area contributed by atoms with Gasteiger partial charge in [-0.1, -0.05) is 19.0 Å². The molecule has 0 radical (unpaired) electrons. The van der Waals surface area contributed by atoms with Gasteiger partial charge in [0.1, 0.15) is 6.61 Å². The van der Waals surface area contributed by atoms with E-state index in [2.05, 4.69) is 29.3 Å². The predicted octanol–water partition coefficient (Wildman–Crippen LogP) is 2.70. The van der Waals surface area contributed by atoms with Crippen LogP contribution in [-0.2, 0) is 24.3 Å². The number of ether oxygens (including phenoxy) is 1. The maximum absolute atomic E-state index is 5.61. The summed E-state index contributed by atoms with van der Waals surface area (Å²) < 4.78 is 10.8. The first-order valence-corrected chi connectivity index (χ1v) is 7.67. The van der Waals surface area contributed by atoms with Gasteiger partial charge in [-0.15, -0.1) is 11.3 Å². The fourth-order valence-electron chi connectivity index (χ4n) is 1.72. The van der Waals surface area contributed by atoms with Gasteiger partial charge >= 0.3 is 0 Å². The first kappa shape index (κ1) is 15.2. The van der Waals surface area contributed by atoms with Crippen LogP contribution in [0.1, 0.15) is 35.9 Å². The summed E-state index contributed by atoms with van der Waals surface area (Å²) in [5.41, 5.74) is 3.88. The maximum atomic E-state index is 5.61. The molecule has 0 fully saturated rings. The normalized spacial score (nSPS) is 11.4. The van der Waals surface area contributed by atoms with Crippen molar-refractivity contribution >= 4 is 11.3 Å². The molecule has 0 aliphatic rings. The van der Waals surface area contributed by atoms with Crippen molar-refractivity contribution in [3.63, 3.8) is 0 Å². The van der Waals surface area contributed by atoms with Crippen molar-refractivity contribution in [3.05, 3.63) is 33.6 Å². The van der Waals surface area contributed by atoms with E-state index in [1.807, 2.05) is 18.5 Å². The molecule has 0 amide bonds. The van der Waals surface area contributed by atoms with Gasteiger partial charge in [0.15, 0.2) is 5.76 Å². The predicted molar refractivity (Wildman–Crippen MR) is 78.7 cm³/mol. The Hall–Kier alpha value is -1.24. The summed E-state index contributed by atoms with van der Waals surface area (Å²) in [4.78, 5) is 5.50. The number of rotatable bonds is 8. The van der Waals surface area contributed by atoms with Gasteiger partial charge in [0.2, 0.25) is 0 Å². The molecular formula is C14H21N3O2S. The lowest BCUT2D eigenvalue weighted by Gasteiger charge is -2.03. The van der Waals surface area contributed by atoms with E-state index in [1.165, 1.54) is 4.88 Å². The third-order valence-electron chi connectivity index (χ3n) is 2.86. The molecule has 0 unspecified atom stereocenters. The molecule has 2 heterocycles. The Morgan fingerprint density at radius 3 is 3.00 bits per heavy atom. The fourth-order valence-corrected chi connectivity index (χ4v) is 2.48. The average Bonchev–Trinajstić information content (AvgIpc) is 3.02. The third kappa shape index (κ3) is 4.70. The number of hydrogen-bond donors (Lipinski definition) is 1. The van der Waals surface area contributed by atoms with Gasteiger partial charge in [0.05, 0.1) is 23.5 Å². The highest BCUT2D eigenvalue weighted by Gasteiger charge is 2.06. The van der Waals surface area contributed by atoms with E-state index in [0.717, 1.165) is 30.1 Å². The van der Waals surface area contributed by atoms with Crippen LogP contribution in [0, 0.1) is 6.92 Å². The van der Waals surface area contributed by atoms with Crippen LogP contribution < -0.4 is 5.32 Å². The van der Waals surface area contributed by atoms with Crippen LogP contribution in [-0.4, -0.2) is 22.8 Å². The Balaban J connectivity index is 1.68. The molecular weight excluding hydrogens is 274 g/mol. The second-order valence-electron chi connectivity index (χ2n) is 4.98. The standard InChI is InChI=1S/C14H21N3O2S/c1-10(2)15-7-12-6-13(19-17-12)8-18-5-4-14-11(3)16-9-20-14/h6,9-10,15H,4-5,7-8H2,1-3H3. The van der Waals surface area contributed by atoms with Gasteiger partial charge in [-0.3, -0.25) is 0 Å². The lowest BCUT2D eigenvalue weighted by Crippen LogP contribution is -2.21. The topological polar surface area (TPSA) is 60.2 Å². The quantitative estimate of drug-likeness (QED) is 0.759. The molecule has 2 aromatic rings. The largest absolute Gasteiger partial charge is 0.373 e. The van der Waals surface area contributed by atoms with E-state index < -0.39 is 0 Å². The Morgan fingerprint density at radius 2 is 2.30 bits per heavy atom. The van der Waals surface area contributed by atoms with Crippen LogP contribution in [0.2, 0.25) is 0 Å². The van der Waals surface area contributed by atoms with E-state index in [1.54, 1.807) is 11.3 Å². The Labute approximate surface area is 123 Å². The van der Waals surface area contributed by atoms with Gasteiger partial charge in [0.25, 0.3) is 0 Å². The van der Waals surface area contributed by atoms with Crippen LogP contribution in [0.25, 0.3) is 0 Å². The number of aryl methyl sites for hydroxylation is 1. The van der Waals surface area contributed by atoms with Crippen LogP contribution in [0.5, 0.6) is 0 Å². The van der Waals surface area contributed by atoms with Crippen molar-refractivity contribution in [2.45, 2.75) is 46.4 Å². The van der Waals surface area contributed by atoms with Gasteiger partial charge in [-0.2, -0.15) is 0 Å². The van der Waals surface area contributed by atoms with Crippen molar-refractivity contribution in [3.8, 4) is 0 Å². The zero-order valence-electron chi connectivity index (χ0n) is 12.2. The molecule has 0 saturated heterocycles. The van der Waals surface area contributed by atoms with E-state index in [4.69, 9.17) is 9.26 Å². The SMILES string of the molecule is Cc1ncsc1CCOCc1cc(CNC(C)C)no1. The van der Waals surface area contributed by atoms with E-state index in [9.17, 15) is 0 Å². The monoisotopic (exact) mass is 295 g/mol. The summed E-state index contributed by atoms with van der Waals surface area (Å²) >= 11 is 1.67. The van der Waals surface area contributed by atoms with Crippen molar-refractivity contribution in [2.75, 3.05) is 6.61 Å². The summed E-state index contributed by atoms with van der Waals surface area (Å²) in [5, 5.41) is 7.30. The highest BCUT2D eigenvalue weighted by molar-refractivity contribution is 7.09. The number of nitrogens with zero attached hydrogens (tertiary/aromatic N) is 2. The van der Waals surface area contributed by atoms with Crippen molar-refractivity contribution in [1.29, 1.82) is 0 Å². The smallest absolute Gasteiger partial charge is 0.162 e. The number of thiazole rings is 1. The zero-order chi connectivity index (χ0) is 14.4. The molecule has 0 atom stereocenters. The molecule has 0 saturated carbocycles. The first-order chi connectivity index (χ1) is 9.65. The van der Waals surface area contributed by atoms with Crippen LogP contribution in [0.15, 0.2) is 16.1 Å². The maximum Gasteiger partial charge on any atom is 0.162 e. The summed E-state index contributed by atoms with van der Waals surface area (Å²) in [6.07, 6.45) is 0.895. The van der Waals surface area contributed by atoms with Crippen LogP contribution >= 0.6 is 11.3 Å². The number of hydrogen-bond acceptors (Lipinski definition) is 6. The Kier molecular flexibility index (Phi) is 5.70. The zero-order valence-corrected chi connectivity index (χ0v) is 13.0. The van der Waals surface area contributed by atoms with Crippen LogP contribution in [0.4, 0.5) is 0 Å². The first-order valence-electron chi connectivity index (χ1n) is 6.79. The van der Waals surface area contributed by atoms with Gasteiger partial charge in [0, 0.05) is 30.0 Å². The number of aromatic nitrogens is 2. The minimum atomic E-state index is 0.439. The Bertz CT molecular complexity index is 522. The minimum Gasteiger partial charge on any atom is -0.373 e. The Morgan fingerprint density at radius 1 is 1.45 bits per heavy atom. The van der Waals surface area contributed by atoms with Crippen molar-refractivity contribution in [1.82, 2.24) is 15.5 Å². The van der Waals surface area contributed by atoms with Gasteiger partial charge < -0.3 is 14.6 Å². The molecule has 0 aliphatic heterocycles. The summed E-state index contributed by atoms with van der Waals surface area (Å²) in [6, 6.07) is 2.38. The van der Waals surface area contributed by atoms with E-state index in [0.29, 0.717) is 19.3 Å². The minimum absolute atomic E-state index is 0.439.